The van der Waals surface area contributed by atoms with Crippen molar-refractivity contribution in [3.63, 3.8) is 0 Å². The summed E-state index contributed by atoms with van der Waals surface area (Å²) in [6, 6.07) is 0. The van der Waals surface area contributed by atoms with E-state index in [4.69, 9.17) is 9.47 Å². The van der Waals surface area contributed by atoms with Gasteiger partial charge in [0.1, 0.15) is 0 Å². The van der Waals surface area contributed by atoms with E-state index < -0.39 is 0 Å². The molecule has 0 aliphatic carbocycles. The van der Waals surface area contributed by atoms with Gasteiger partial charge in [0.2, 0.25) is 5.91 Å². The number of likely N-dealkylation sites (tertiary alicyclic amines) is 2. The third-order valence-electron chi connectivity index (χ3n) is 5.15. The fourth-order valence-electron chi connectivity index (χ4n) is 4.26. The summed E-state index contributed by atoms with van der Waals surface area (Å²) in [5.74, 6) is 1.97. The van der Waals surface area contributed by atoms with Gasteiger partial charge >= 0.3 is 0 Å². The van der Waals surface area contributed by atoms with Crippen LogP contribution >= 0.6 is 0 Å². The second-order valence-electron chi connectivity index (χ2n) is 7.49. The molecule has 0 N–H and O–H groups in total. The molecule has 0 aromatic heterocycles. The topological polar surface area (TPSA) is 42.0 Å². The molecule has 1 amide bonds. The van der Waals surface area contributed by atoms with Crippen LogP contribution in [0.1, 0.15) is 33.1 Å². The number of ether oxygens (including phenoxy) is 2. The van der Waals surface area contributed by atoms with Gasteiger partial charge in [-0.05, 0) is 37.6 Å². The van der Waals surface area contributed by atoms with Crippen LogP contribution in [0.2, 0.25) is 0 Å². The minimum atomic E-state index is -0.0482. The summed E-state index contributed by atoms with van der Waals surface area (Å²) in [6.07, 6.45) is 3.47. The molecule has 0 saturated carbocycles. The van der Waals surface area contributed by atoms with Crippen LogP contribution in [-0.4, -0.2) is 67.9 Å². The lowest BCUT2D eigenvalue weighted by Crippen LogP contribution is -2.49. The lowest BCUT2D eigenvalue weighted by molar-refractivity contribution is -0.137. The molecule has 3 saturated heterocycles. The molecule has 0 unspecified atom stereocenters. The number of carbonyl (C=O) groups is 1. The molecule has 3 atom stereocenters. The Bertz CT molecular complexity index is 374. The van der Waals surface area contributed by atoms with Gasteiger partial charge in [0, 0.05) is 25.6 Å². The Morgan fingerprint density at radius 3 is 2.45 bits per heavy atom. The smallest absolute Gasteiger partial charge is 0.236 e. The average molecular weight is 310 g/mol. The van der Waals surface area contributed by atoms with Crippen LogP contribution < -0.4 is 0 Å². The van der Waals surface area contributed by atoms with Gasteiger partial charge in [-0.3, -0.25) is 9.69 Å². The van der Waals surface area contributed by atoms with Crippen LogP contribution in [0.25, 0.3) is 0 Å². The molecule has 126 valence electrons. The van der Waals surface area contributed by atoms with Crippen LogP contribution in [0.3, 0.4) is 0 Å². The van der Waals surface area contributed by atoms with E-state index in [0.717, 1.165) is 39.0 Å². The minimum absolute atomic E-state index is 0.0482. The van der Waals surface area contributed by atoms with Crippen LogP contribution in [0.15, 0.2) is 0 Å². The molecule has 0 radical (unpaired) electrons. The van der Waals surface area contributed by atoms with Crippen molar-refractivity contribution in [3.8, 4) is 0 Å². The average Bonchev–Trinajstić information content (AvgIpc) is 3.00. The van der Waals surface area contributed by atoms with Crippen LogP contribution in [-0.2, 0) is 14.3 Å². The summed E-state index contributed by atoms with van der Waals surface area (Å²) in [5, 5.41) is 0. The summed E-state index contributed by atoms with van der Waals surface area (Å²) >= 11 is 0. The quantitative estimate of drug-likeness (QED) is 0.794. The maximum atomic E-state index is 12.6. The maximum Gasteiger partial charge on any atom is 0.236 e. The monoisotopic (exact) mass is 310 g/mol. The number of amides is 1. The summed E-state index contributed by atoms with van der Waals surface area (Å²) < 4.78 is 11.3. The highest BCUT2D eigenvalue weighted by Crippen LogP contribution is 2.25. The molecule has 5 nitrogen and oxygen atoms in total. The number of hydrogen-bond acceptors (Lipinski definition) is 4. The van der Waals surface area contributed by atoms with Gasteiger partial charge in [0.25, 0.3) is 0 Å². The molecular formula is C17H30N2O3. The molecule has 0 bridgehead atoms. The first-order chi connectivity index (χ1) is 10.6. The van der Waals surface area contributed by atoms with Gasteiger partial charge in [-0.15, -0.1) is 0 Å². The second-order valence-corrected chi connectivity index (χ2v) is 7.49. The highest BCUT2D eigenvalue weighted by atomic mass is 16.7. The van der Waals surface area contributed by atoms with Crippen molar-refractivity contribution in [1.82, 2.24) is 9.80 Å². The van der Waals surface area contributed by atoms with Crippen molar-refractivity contribution in [2.24, 2.45) is 17.8 Å². The zero-order valence-corrected chi connectivity index (χ0v) is 14.0. The maximum absolute atomic E-state index is 12.6. The summed E-state index contributed by atoms with van der Waals surface area (Å²) in [6.45, 7) is 10.3. The molecule has 0 aromatic rings. The van der Waals surface area contributed by atoms with Gasteiger partial charge in [0.05, 0.1) is 19.8 Å². The lowest BCUT2D eigenvalue weighted by Gasteiger charge is -2.38. The lowest BCUT2D eigenvalue weighted by atomic mass is 9.92. The normalized spacial score (nSPS) is 35.0. The highest BCUT2D eigenvalue weighted by molar-refractivity contribution is 5.78. The molecule has 3 aliphatic rings. The molecule has 3 rings (SSSR count). The first-order valence-corrected chi connectivity index (χ1v) is 8.85. The Morgan fingerprint density at radius 2 is 1.77 bits per heavy atom. The molecular weight excluding hydrogens is 280 g/mol. The van der Waals surface area contributed by atoms with E-state index in [2.05, 4.69) is 23.6 Å². The Hall–Kier alpha value is -0.650. The second kappa shape index (κ2) is 7.28. The Kier molecular flexibility index (Phi) is 5.37. The Labute approximate surface area is 133 Å². The highest BCUT2D eigenvalue weighted by Gasteiger charge is 2.33. The zero-order chi connectivity index (χ0) is 15.5. The van der Waals surface area contributed by atoms with E-state index in [1.807, 2.05) is 0 Å². The molecule has 3 fully saturated rings. The third-order valence-corrected chi connectivity index (χ3v) is 5.15. The zero-order valence-electron chi connectivity index (χ0n) is 14.0. The number of piperidine rings is 2. The van der Waals surface area contributed by atoms with E-state index >= 15 is 0 Å². The molecule has 22 heavy (non-hydrogen) atoms. The van der Waals surface area contributed by atoms with Gasteiger partial charge < -0.3 is 14.4 Å². The van der Waals surface area contributed by atoms with Gasteiger partial charge in [-0.1, -0.05) is 13.8 Å². The van der Waals surface area contributed by atoms with Gasteiger partial charge in [0.15, 0.2) is 6.29 Å². The molecule has 5 heteroatoms. The largest absolute Gasteiger partial charge is 0.350 e. The molecule has 3 aliphatic heterocycles. The Balaban J connectivity index is 1.50. The SMILES string of the molecule is C[C@@H]1C[C@H](C)CN(C(=O)CN2CCC[C@H](C3OCCO3)C2)C1. The van der Waals surface area contributed by atoms with Crippen molar-refractivity contribution >= 4 is 5.91 Å². The summed E-state index contributed by atoms with van der Waals surface area (Å²) in [7, 11) is 0. The Morgan fingerprint density at radius 1 is 1.09 bits per heavy atom. The van der Waals surface area contributed by atoms with Crippen LogP contribution in [0.4, 0.5) is 0 Å². The number of carbonyl (C=O) groups excluding carboxylic acids is 1. The van der Waals surface area contributed by atoms with E-state index in [9.17, 15) is 4.79 Å². The van der Waals surface area contributed by atoms with Crippen molar-refractivity contribution in [2.45, 2.75) is 39.4 Å². The minimum Gasteiger partial charge on any atom is -0.350 e. The third kappa shape index (κ3) is 4.00. The molecule has 0 spiro atoms. The van der Waals surface area contributed by atoms with E-state index in [0.29, 0.717) is 43.4 Å². The summed E-state index contributed by atoms with van der Waals surface area (Å²) in [4.78, 5) is 17.0. The van der Waals surface area contributed by atoms with Gasteiger partial charge in [-0.2, -0.15) is 0 Å². The number of rotatable bonds is 3. The fourth-order valence-corrected chi connectivity index (χ4v) is 4.26. The van der Waals surface area contributed by atoms with E-state index in [1.165, 1.54) is 6.42 Å². The van der Waals surface area contributed by atoms with E-state index in [-0.39, 0.29) is 6.29 Å². The fraction of sp³-hybridized carbons (Fsp3) is 0.941. The van der Waals surface area contributed by atoms with Crippen molar-refractivity contribution in [3.05, 3.63) is 0 Å². The van der Waals surface area contributed by atoms with Crippen LogP contribution in [0.5, 0.6) is 0 Å². The van der Waals surface area contributed by atoms with E-state index in [1.54, 1.807) is 0 Å². The number of hydrogen-bond donors (Lipinski definition) is 0. The first-order valence-electron chi connectivity index (χ1n) is 8.85. The molecule has 0 aromatic carbocycles. The summed E-state index contributed by atoms with van der Waals surface area (Å²) in [5.41, 5.74) is 0. The number of nitrogens with zero attached hydrogens (tertiary/aromatic N) is 2. The van der Waals surface area contributed by atoms with Crippen molar-refractivity contribution in [1.29, 1.82) is 0 Å². The van der Waals surface area contributed by atoms with Crippen LogP contribution in [0, 0.1) is 17.8 Å². The molecule has 3 heterocycles. The van der Waals surface area contributed by atoms with Crippen molar-refractivity contribution in [2.75, 3.05) is 45.9 Å². The predicted molar refractivity (Wildman–Crippen MR) is 84.4 cm³/mol. The van der Waals surface area contributed by atoms with Crippen molar-refractivity contribution < 1.29 is 14.3 Å². The standard InChI is InChI=1S/C17H30N2O3/c1-13-8-14(2)10-19(9-13)16(20)12-18-5-3-4-15(11-18)17-21-6-7-22-17/h13-15,17H,3-12H2,1-2H3/t13-,14+,15-/m0/s1. The predicted octanol–water partition coefficient (Wildman–Crippen LogP) is 1.58. The van der Waals surface area contributed by atoms with Gasteiger partial charge in [-0.25, -0.2) is 0 Å². The first kappa shape index (κ1) is 16.2.